The number of ether oxygens (including phenoxy) is 1. The smallest absolute Gasteiger partial charge is 0.146 e. The number of piperidine rings is 1. The van der Waals surface area contributed by atoms with Gasteiger partial charge in [-0.15, -0.1) is 0 Å². The lowest BCUT2D eigenvalue weighted by molar-refractivity contribution is -0.166. The van der Waals surface area contributed by atoms with Crippen molar-refractivity contribution in [3.63, 3.8) is 0 Å². The molecule has 0 N–H and O–H groups in total. The molecule has 3 heteroatoms. The van der Waals surface area contributed by atoms with Crippen molar-refractivity contribution in [3.05, 3.63) is 35.9 Å². The van der Waals surface area contributed by atoms with E-state index in [0.717, 1.165) is 19.6 Å². The number of hydrogen-bond acceptors (Lipinski definition) is 3. The molecule has 0 saturated carbocycles. The highest BCUT2D eigenvalue weighted by atomic mass is 16.5. The van der Waals surface area contributed by atoms with Gasteiger partial charge in [0.2, 0.25) is 0 Å². The van der Waals surface area contributed by atoms with Crippen molar-refractivity contribution in [3.8, 4) is 0 Å². The van der Waals surface area contributed by atoms with Crippen LogP contribution in [0.15, 0.2) is 30.3 Å². The molecule has 4 atom stereocenters. The zero-order chi connectivity index (χ0) is 13.4. The first kappa shape index (κ1) is 12.8. The fraction of sp³-hybridized carbons (Fsp3) is 0.562. The maximum Gasteiger partial charge on any atom is 0.146 e. The van der Waals surface area contributed by atoms with Gasteiger partial charge in [0.25, 0.3) is 0 Å². The van der Waals surface area contributed by atoms with Gasteiger partial charge in [0.05, 0.1) is 24.0 Å². The standard InChI is InChI=1S/C16H21NO2/c1-11-14-9-17(8-13-6-4-3-5-7-13)10-15(16(14)18)12(2)19-11/h3-7,11-12,14-15H,8-10H2,1-2H3. The van der Waals surface area contributed by atoms with Gasteiger partial charge in [0.15, 0.2) is 0 Å². The summed E-state index contributed by atoms with van der Waals surface area (Å²) < 4.78 is 5.87. The van der Waals surface area contributed by atoms with E-state index in [2.05, 4.69) is 29.2 Å². The highest BCUT2D eigenvalue weighted by Gasteiger charge is 2.45. The van der Waals surface area contributed by atoms with Crippen molar-refractivity contribution in [2.24, 2.45) is 11.8 Å². The molecule has 1 aromatic rings. The van der Waals surface area contributed by atoms with Gasteiger partial charge < -0.3 is 4.74 Å². The van der Waals surface area contributed by atoms with E-state index in [1.165, 1.54) is 5.56 Å². The molecule has 3 nitrogen and oxygen atoms in total. The molecule has 3 rings (SSSR count). The second-order valence-corrected chi connectivity index (χ2v) is 5.84. The predicted octanol–water partition coefficient (Wildman–Crippen LogP) is 2.11. The van der Waals surface area contributed by atoms with Crippen LogP contribution in [0.3, 0.4) is 0 Å². The number of benzene rings is 1. The van der Waals surface area contributed by atoms with Crippen LogP contribution in [0.1, 0.15) is 19.4 Å². The predicted molar refractivity (Wildman–Crippen MR) is 73.7 cm³/mol. The van der Waals surface area contributed by atoms with E-state index in [-0.39, 0.29) is 24.0 Å². The lowest BCUT2D eigenvalue weighted by Gasteiger charge is -2.46. The number of fused-ring (bicyclic) bond motifs is 2. The van der Waals surface area contributed by atoms with Crippen LogP contribution in [0.4, 0.5) is 0 Å². The molecule has 0 amide bonds. The van der Waals surface area contributed by atoms with Gasteiger partial charge in [-0.1, -0.05) is 30.3 Å². The summed E-state index contributed by atoms with van der Waals surface area (Å²) in [5.74, 6) is 0.521. The van der Waals surface area contributed by atoms with E-state index in [1.807, 2.05) is 19.9 Å². The Hall–Kier alpha value is -1.19. The number of nitrogens with zero attached hydrogens (tertiary/aromatic N) is 1. The third-order valence-corrected chi connectivity index (χ3v) is 4.45. The highest BCUT2D eigenvalue weighted by molar-refractivity contribution is 5.86. The summed E-state index contributed by atoms with van der Waals surface area (Å²) >= 11 is 0. The molecule has 2 saturated heterocycles. The summed E-state index contributed by atoms with van der Waals surface area (Å²) in [7, 11) is 0. The molecule has 0 aromatic heterocycles. The minimum atomic E-state index is 0.0531. The van der Waals surface area contributed by atoms with Crippen LogP contribution in [-0.2, 0) is 16.1 Å². The molecule has 0 aliphatic carbocycles. The summed E-state index contributed by atoms with van der Waals surface area (Å²) in [4.78, 5) is 14.7. The van der Waals surface area contributed by atoms with E-state index in [1.54, 1.807) is 0 Å². The van der Waals surface area contributed by atoms with Gasteiger partial charge in [-0.3, -0.25) is 9.69 Å². The molecule has 102 valence electrons. The van der Waals surface area contributed by atoms with Crippen molar-refractivity contribution in [2.75, 3.05) is 13.1 Å². The SMILES string of the molecule is CC1OC(C)C2CN(Cc3ccccc3)CC1C2=O. The number of rotatable bonds is 2. The fourth-order valence-corrected chi connectivity index (χ4v) is 3.34. The first-order valence-corrected chi connectivity index (χ1v) is 7.10. The van der Waals surface area contributed by atoms with Gasteiger partial charge in [-0.05, 0) is 19.4 Å². The largest absolute Gasteiger partial charge is 0.374 e. The molecule has 2 fully saturated rings. The Kier molecular flexibility index (Phi) is 3.42. The van der Waals surface area contributed by atoms with Crippen LogP contribution in [0, 0.1) is 11.8 Å². The highest BCUT2D eigenvalue weighted by Crippen LogP contribution is 2.32. The molecule has 2 heterocycles. The number of Topliss-reactive ketones (excluding diaryl/α,β-unsaturated/α-hetero) is 1. The first-order valence-electron chi connectivity index (χ1n) is 7.10. The third-order valence-electron chi connectivity index (χ3n) is 4.45. The van der Waals surface area contributed by atoms with Crippen LogP contribution in [-0.4, -0.2) is 36.0 Å². The molecule has 19 heavy (non-hydrogen) atoms. The Labute approximate surface area is 114 Å². The van der Waals surface area contributed by atoms with Gasteiger partial charge >= 0.3 is 0 Å². The molecule has 2 aliphatic heterocycles. The van der Waals surface area contributed by atoms with E-state index >= 15 is 0 Å². The third kappa shape index (κ3) is 2.45. The molecule has 0 spiro atoms. The van der Waals surface area contributed by atoms with Crippen molar-refractivity contribution in [2.45, 2.75) is 32.6 Å². The minimum Gasteiger partial charge on any atom is -0.374 e. The average molecular weight is 259 g/mol. The van der Waals surface area contributed by atoms with Crippen molar-refractivity contribution in [1.82, 2.24) is 4.90 Å². The van der Waals surface area contributed by atoms with Crippen LogP contribution in [0.2, 0.25) is 0 Å². The quantitative estimate of drug-likeness (QED) is 0.814. The first-order chi connectivity index (χ1) is 9.15. The summed E-state index contributed by atoms with van der Waals surface area (Å²) in [5, 5.41) is 0. The van der Waals surface area contributed by atoms with E-state index in [9.17, 15) is 4.79 Å². The second kappa shape index (κ2) is 5.06. The van der Waals surface area contributed by atoms with Gasteiger partial charge in [0, 0.05) is 19.6 Å². The molecule has 2 aliphatic rings. The Balaban J connectivity index is 1.74. The number of hydrogen-bond donors (Lipinski definition) is 0. The number of carbonyl (C=O) groups excluding carboxylic acids is 1. The molecule has 4 unspecified atom stereocenters. The van der Waals surface area contributed by atoms with Gasteiger partial charge in [-0.2, -0.15) is 0 Å². The lowest BCUT2D eigenvalue weighted by atomic mass is 9.79. The van der Waals surface area contributed by atoms with Crippen LogP contribution < -0.4 is 0 Å². The molecule has 1 aromatic carbocycles. The van der Waals surface area contributed by atoms with Crippen molar-refractivity contribution in [1.29, 1.82) is 0 Å². The van der Waals surface area contributed by atoms with Crippen LogP contribution >= 0.6 is 0 Å². The maximum absolute atomic E-state index is 12.3. The maximum atomic E-state index is 12.3. The minimum absolute atomic E-state index is 0.0531. The Bertz CT molecular complexity index is 439. The average Bonchev–Trinajstić information content (AvgIpc) is 2.39. The summed E-state index contributed by atoms with van der Waals surface area (Å²) in [5.41, 5.74) is 1.32. The van der Waals surface area contributed by atoms with Crippen molar-refractivity contribution >= 4 is 5.78 Å². The summed E-state index contributed by atoms with van der Waals surface area (Å²) in [6.07, 6.45) is 0.106. The van der Waals surface area contributed by atoms with Gasteiger partial charge in [-0.25, -0.2) is 0 Å². The normalized spacial score (nSPS) is 35.4. The molecule has 0 radical (unpaired) electrons. The lowest BCUT2D eigenvalue weighted by Crippen LogP contribution is -2.58. The Morgan fingerprint density at radius 1 is 1.11 bits per heavy atom. The summed E-state index contributed by atoms with van der Waals surface area (Å²) in [6.45, 7) is 6.65. The molecular weight excluding hydrogens is 238 g/mol. The zero-order valence-corrected chi connectivity index (χ0v) is 11.6. The zero-order valence-electron chi connectivity index (χ0n) is 11.6. The Morgan fingerprint density at radius 2 is 1.68 bits per heavy atom. The van der Waals surface area contributed by atoms with Crippen LogP contribution in [0.5, 0.6) is 0 Å². The number of carbonyl (C=O) groups is 1. The number of likely N-dealkylation sites (tertiary alicyclic amines) is 1. The summed E-state index contributed by atoms with van der Waals surface area (Å²) in [6, 6.07) is 10.5. The topological polar surface area (TPSA) is 29.5 Å². The second-order valence-electron chi connectivity index (χ2n) is 5.84. The Morgan fingerprint density at radius 3 is 2.26 bits per heavy atom. The van der Waals surface area contributed by atoms with Crippen molar-refractivity contribution < 1.29 is 9.53 Å². The number of ketones is 1. The van der Waals surface area contributed by atoms with Crippen LogP contribution in [0.25, 0.3) is 0 Å². The van der Waals surface area contributed by atoms with E-state index in [0.29, 0.717) is 5.78 Å². The fourth-order valence-electron chi connectivity index (χ4n) is 3.34. The molecule has 2 bridgehead atoms. The van der Waals surface area contributed by atoms with Gasteiger partial charge in [0.1, 0.15) is 5.78 Å². The van der Waals surface area contributed by atoms with E-state index in [4.69, 9.17) is 4.74 Å². The molecular formula is C16H21NO2. The monoisotopic (exact) mass is 259 g/mol. The van der Waals surface area contributed by atoms with E-state index < -0.39 is 0 Å².